The van der Waals surface area contributed by atoms with Crippen LogP contribution in [-0.2, 0) is 4.79 Å². The first-order chi connectivity index (χ1) is 12.5. The fraction of sp³-hybridized carbons (Fsp3) is 0.300. The minimum atomic E-state index is 0.0426. The molecule has 6 nitrogen and oxygen atoms in total. The summed E-state index contributed by atoms with van der Waals surface area (Å²) in [6.07, 6.45) is 7.26. The van der Waals surface area contributed by atoms with Crippen LogP contribution < -0.4 is 11.1 Å². The van der Waals surface area contributed by atoms with E-state index in [1.54, 1.807) is 18.6 Å². The maximum absolute atomic E-state index is 12.3. The van der Waals surface area contributed by atoms with E-state index in [4.69, 9.17) is 5.73 Å². The molecule has 0 saturated heterocycles. The zero-order valence-electron chi connectivity index (χ0n) is 14.9. The number of nitrogens with zero attached hydrogens (tertiary/aromatic N) is 3. The molecule has 6 heteroatoms. The van der Waals surface area contributed by atoms with Crippen LogP contribution in [0, 0.1) is 18.8 Å². The molecule has 3 aromatic heterocycles. The molecule has 0 bridgehead atoms. The van der Waals surface area contributed by atoms with Gasteiger partial charge in [0.15, 0.2) is 0 Å². The lowest BCUT2D eigenvalue weighted by atomic mass is 9.74. The highest BCUT2D eigenvalue weighted by Crippen LogP contribution is 2.34. The van der Waals surface area contributed by atoms with Crippen molar-refractivity contribution in [3.63, 3.8) is 0 Å². The van der Waals surface area contributed by atoms with Crippen LogP contribution in [0.25, 0.3) is 22.0 Å². The van der Waals surface area contributed by atoms with Crippen LogP contribution in [0.15, 0.2) is 36.8 Å². The number of nitrogens with two attached hydrogens (primary N) is 1. The molecule has 0 radical (unpaired) electrons. The Morgan fingerprint density at radius 3 is 2.81 bits per heavy atom. The molecule has 1 aliphatic rings. The lowest BCUT2D eigenvalue weighted by molar-refractivity contribution is -0.124. The van der Waals surface area contributed by atoms with E-state index in [0.29, 0.717) is 17.6 Å². The number of aryl methyl sites for hydroxylation is 1. The van der Waals surface area contributed by atoms with Crippen molar-refractivity contribution in [2.45, 2.75) is 26.7 Å². The van der Waals surface area contributed by atoms with Gasteiger partial charge in [0.2, 0.25) is 5.91 Å². The highest BCUT2D eigenvalue weighted by atomic mass is 16.2. The predicted molar refractivity (Wildman–Crippen MR) is 102 cm³/mol. The Bertz CT molecular complexity index is 1000. The largest absolute Gasteiger partial charge is 0.383 e. The zero-order valence-corrected chi connectivity index (χ0v) is 14.9. The number of hydrogen-bond donors (Lipinski definition) is 2. The molecule has 1 fully saturated rings. The number of fused-ring (bicyclic) bond motifs is 1. The number of pyridine rings is 3. The Labute approximate surface area is 151 Å². The molecule has 3 heterocycles. The third kappa shape index (κ3) is 2.87. The molecule has 0 unspecified atom stereocenters. The van der Waals surface area contributed by atoms with E-state index >= 15 is 0 Å². The normalized spacial score (nSPS) is 19.2. The van der Waals surface area contributed by atoms with Crippen LogP contribution in [0.5, 0.6) is 0 Å². The number of anilines is 2. The number of nitrogens with one attached hydrogen (secondary N) is 1. The molecule has 0 spiro atoms. The topological polar surface area (TPSA) is 93.8 Å². The zero-order chi connectivity index (χ0) is 18.3. The summed E-state index contributed by atoms with van der Waals surface area (Å²) < 4.78 is 0. The second kappa shape index (κ2) is 6.37. The van der Waals surface area contributed by atoms with Crippen molar-refractivity contribution in [2.75, 3.05) is 11.1 Å². The maximum atomic E-state index is 12.3. The number of carbonyl (C=O) groups is 1. The quantitative estimate of drug-likeness (QED) is 0.755. The standard InChI is InChI=1S/C20H21N5O/c1-11-3-4-14(11)20(26)25-18-8-13-7-17(15-9-22-6-5-12(15)2)24-19(21)16(13)10-23-18/h5-11,14H,3-4H2,1-2H3,(H2,21,24)(H,23,25,26)/t11-,14-/m1/s1. The molecule has 2 atom stereocenters. The minimum absolute atomic E-state index is 0.0426. The highest BCUT2D eigenvalue weighted by molar-refractivity contribution is 5.98. The summed E-state index contributed by atoms with van der Waals surface area (Å²) in [7, 11) is 0. The summed E-state index contributed by atoms with van der Waals surface area (Å²) in [5.74, 6) is 1.53. The lowest BCUT2D eigenvalue weighted by Crippen LogP contribution is -2.35. The monoisotopic (exact) mass is 347 g/mol. The van der Waals surface area contributed by atoms with E-state index in [1.807, 2.05) is 25.1 Å². The fourth-order valence-electron chi connectivity index (χ4n) is 3.39. The molecule has 26 heavy (non-hydrogen) atoms. The van der Waals surface area contributed by atoms with Crippen molar-refractivity contribution in [1.82, 2.24) is 15.0 Å². The van der Waals surface area contributed by atoms with Crippen LogP contribution in [-0.4, -0.2) is 20.9 Å². The number of amides is 1. The van der Waals surface area contributed by atoms with Crippen molar-refractivity contribution < 1.29 is 4.79 Å². The van der Waals surface area contributed by atoms with Gasteiger partial charge in [0.05, 0.1) is 5.69 Å². The van der Waals surface area contributed by atoms with Gasteiger partial charge in [0.1, 0.15) is 11.6 Å². The average Bonchev–Trinajstić information content (AvgIpc) is 2.60. The van der Waals surface area contributed by atoms with Crippen molar-refractivity contribution in [2.24, 2.45) is 11.8 Å². The lowest BCUT2D eigenvalue weighted by Gasteiger charge is -2.32. The molecule has 1 saturated carbocycles. The van der Waals surface area contributed by atoms with Gasteiger partial charge in [-0.05, 0) is 54.8 Å². The second-order valence-corrected chi connectivity index (χ2v) is 7.02. The van der Waals surface area contributed by atoms with E-state index in [-0.39, 0.29) is 11.8 Å². The summed E-state index contributed by atoms with van der Waals surface area (Å²) in [4.78, 5) is 25.3. The maximum Gasteiger partial charge on any atom is 0.228 e. The first-order valence-electron chi connectivity index (χ1n) is 8.81. The number of carbonyl (C=O) groups excluding carboxylic acids is 1. The van der Waals surface area contributed by atoms with Gasteiger partial charge in [-0.2, -0.15) is 0 Å². The number of hydrogen-bond acceptors (Lipinski definition) is 5. The Kier molecular flexibility index (Phi) is 4.03. The van der Waals surface area contributed by atoms with E-state index in [9.17, 15) is 4.79 Å². The first kappa shape index (κ1) is 16.4. The number of aromatic nitrogens is 3. The predicted octanol–water partition coefficient (Wildman–Crippen LogP) is 3.57. The molecule has 1 amide bonds. The Morgan fingerprint density at radius 2 is 2.12 bits per heavy atom. The van der Waals surface area contributed by atoms with Crippen molar-refractivity contribution in [3.05, 3.63) is 42.4 Å². The summed E-state index contributed by atoms with van der Waals surface area (Å²) in [5.41, 5.74) is 8.91. The third-order valence-corrected chi connectivity index (χ3v) is 5.27. The number of nitrogen functional groups attached to an aromatic ring is 1. The molecular weight excluding hydrogens is 326 g/mol. The van der Waals surface area contributed by atoms with Gasteiger partial charge in [0.25, 0.3) is 0 Å². The van der Waals surface area contributed by atoms with Crippen molar-refractivity contribution in [3.8, 4) is 11.3 Å². The smallest absolute Gasteiger partial charge is 0.228 e. The molecule has 0 aliphatic heterocycles. The molecule has 3 aromatic rings. The summed E-state index contributed by atoms with van der Waals surface area (Å²) in [6.45, 7) is 4.12. The van der Waals surface area contributed by atoms with Crippen LogP contribution in [0.3, 0.4) is 0 Å². The van der Waals surface area contributed by atoms with Gasteiger partial charge in [-0.1, -0.05) is 6.92 Å². The van der Waals surface area contributed by atoms with Gasteiger partial charge in [-0.25, -0.2) is 9.97 Å². The molecular formula is C20H21N5O. The van der Waals surface area contributed by atoms with Crippen LogP contribution in [0.2, 0.25) is 0 Å². The highest BCUT2D eigenvalue weighted by Gasteiger charge is 2.33. The first-order valence-corrected chi connectivity index (χ1v) is 8.81. The summed E-state index contributed by atoms with van der Waals surface area (Å²) in [5, 5.41) is 4.59. The van der Waals surface area contributed by atoms with Crippen LogP contribution in [0.1, 0.15) is 25.3 Å². The Hall–Kier alpha value is -3.02. The minimum Gasteiger partial charge on any atom is -0.383 e. The molecule has 4 rings (SSSR count). The van der Waals surface area contributed by atoms with Gasteiger partial charge < -0.3 is 11.1 Å². The average molecular weight is 347 g/mol. The molecule has 132 valence electrons. The van der Waals surface area contributed by atoms with E-state index in [0.717, 1.165) is 40.4 Å². The van der Waals surface area contributed by atoms with Crippen molar-refractivity contribution in [1.29, 1.82) is 0 Å². The van der Waals surface area contributed by atoms with Gasteiger partial charge in [-0.3, -0.25) is 9.78 Å². The van der Waals surface area contributed by atoms with Gasteiger partial charge >= 0.3 is 0 Å². The van der Waals surface area contributed by atoms with Crippen LogP contribution in [0.4, 0.5) is 11.6 Å². The van der Waals surface area contributed by atoms with E-state index in [1.165, 1.54) is 0 Å². The second-order valence-electron chi connectivity index (χ2n) is 7.02. The van der Waals surface area contributed by atoms with Gasteiger partial charge in [0, 0.05) is 35.5 Å². The SMILES string of the molecule is Cc1ccncc1-c1cc2cc(NC(=O)[C@@H]3CC[C@H]3C)ncc2c(N)n1. The van der Waals surface area contributed by atoms with Crippen molar-refractivity contribution >= 4 is 28.3 Å². The van der Waals surface area contributed by atoms with E-state index < -0.39 is 0 Å². The number of rotatable bonds is 3. The molecule has 3 N–H and O–H groups in total. The fourth-order valence-corrected chi connectivity index (χ4v) is 3.39. The summed E-state index contributed by atoms with van der Waals surface area (Å²) >= 11 is 0. The molecule has 0 aromatic carbocycles. The van der Waals surface area contributed by atoms with Crippen LogP contribution >= 0.6 is 0 Å². The summed E-state index contributed by atoms with van der Waals surface area (Å²) in [6, 6.07) is 5.75. The van der Waals surface area contributed by atoms with E-state index in [2.05, 4.69) is 27.2 Å². The van der Waals surface area contributed by atoms with Gasteiger partial charge in [-0.15, -0.1) is 0 Å². The Morgan fingerprint density at radius 1 is 1.27 bits per heavy atom. The molecule has 1 aliphatic carbocycles. The third-order valence-electron chi connectivity index (χ3n) is 5.27. The Balaban J connectivity index is 1.70.